The second-order valence-electron chi connectivity index (χ2n) is 6.05. The van der Waals surface area contributed by atoms with Crippen LogP contribution in [-0.4, -0.2) is 44.9 Å². The first-order chi connectivity index (χ1) is 11.1. The highest BCUT2D eigenvalue weighted by Gasteiger charge is 2.32. The SMILES string of the molecule is Cn1ccnc(N2CC(n3cc(N4CCCC4=O)cn3)C2)c1=O. The molecule has 0 aliphatic carbocycles. The molecule has 0 atom stereocenters. The normalized spacial score (nSPS) is 18.6. The van der Waals surface area contributed by atoms with Crippen molar-refractivity contribution in [2.24, 2.45) is 7.05 Å². The molecule has 8 nitrogen and oxygen atoms in total. The molecule has 2 aromatic heterocycles. The van der Waals surface area contributed by atoms with Gasteiger partial charge in [0.2, 0.25) is 5.91 Å². The van der Waals surface area contributed by atoms with E-state index in [1.807, 2.05) is 15.8 Å². The second-order valence-corrected chi connectivity index (χ2v) is 6.05. The van der Waals surface area contributed by atoms with Gasteiger partial charge in [0.1, 0.15) is 0 Å². The van der Waals surface area contributed by atoms with E-state index in [2.05, 4.69) is 10.1 Å². The zero-order valence-corrected chi connectivity index (χ0v) is 12.9. The van der Waals surface area contributed by atoms with Crippen molar-refractivity contribution in [3.05, 3.63) is 35.1 Å². The van der Waals surface area contributed by atoms with Gasteiger partial charge in [-0.05, 0) is 6.42 Å². The molecular formula is C15H18N6O2. The molecule has 0 spiro atoms. The largest absolute Gasteiger partial charge is 0.348 e. The first-order valence-corrected chi connectivity index (χ1v) is 7.74. The highest BCUT2D eigenvalue weighted by atomic mass is 16.2. The third-order valence-electron chi connectivity index (χ3n) is 4.51. The van der Waals surface area contributed by atoms with Gasteiger partial charge in [-0.3, -0.25) is 14.3 Å². The lowest BCUT2D eigenvalue weighted by molar-refractivity contribution is -0.117. The number of nitrogens with zero attached hydrogens (tertiary/aromatic N) is 6. The first kappa shape index (κ1) is 14.0. The maximum atomic E-state index is 12.1. The Balaban J connectivity index is 1.46. The van der Waals surface area contributed by atoms with Gasteiger partial charge in [0.25, 0.3) is 5.56 Å². The van der Waals surface area contributed by atoms with E-state index in [-0.39, 0.29) is 17.5 Å². The van der Waals surface area contributed by atoms with Crippen molar-refractivity contribution < 1.29 is 4.79 Å². The van der Waals surface area contributed by atoms with Crippen molar-refractivity contribution >= 4 is 17.4 Å². The number of hydrogen-bond donors (Lipinski definition) is 0. The van der Waals surface area contributed by atoms with Crippen molar-refractivity contribution in [1.82, 2.24) is 19.3 Å². The lowest BCUT2D eigenvalue weighted by atomic mass is 10.1. The molecule has 1 amide bonds. The molecule has 0 saturated carbocycles. The number of aromatic nitrogens is 4. The predicted octanol–water partition coefficient (Wildman–Crippen LogP) is 0.165. The Morgan fingerprint density at radius 2 is 2.09 bits per heavy atom. The summed E-state index contributed by atoms with van der Waals surface area (Å²) in [6.45, 7) is 2.16. The molecule has 2 aliphatic heterocycles. The number of aryl methyl sites for hydroxylation is 1. The average molecular weight is 314 g/mol. The quantitative estimate of drug-likeness (QED) is 0.807. The number of amides is 1. The second kappa shape index (κ2) is 5.22. The van der Waals surface area contributed by atoms with Gasteiger partial charge in [0.05, 0.1) is 17.9 Å². The van der Waals surface area contributed by atoms with Gasteiger partial charge in [-0.25, -0.2) is 4.98 Å². The minimum Gasteiger partial charge on any atom is -0.348 e. The molecule has 0 aromatic carbocycles. The van der Waals surface area contributed by atoms with E-state index < -0.39 is 0 Å². The molecule has 2 aliphatic rings. The van der Waals surface area contributed by atoms with Gasteiger partial charge in [0.15, 0.2) is 5.82 Å². The van der Waals surface area contributed by atoms with Gasteiger partial charge < -0.3 is 14.4 Å². The predicted molar refractivity (Wildman–Crippen MR) is 84.5 cm³/mol. The standard InChI is InChI=1S/C15H18N6O2/c1-18-6-4-16-14(15(18)23)19-8-12(9-19)21-10-11(7-17-21)20-5-2-3-13(20)22/h4,6-7,10,12H,2-3,5,8-9H2,1H3. The molecule has 0 N–H and O–H groups in total. The van der Waals surface area contributed by atoms with Crippen LogP contribution in [0.4, 0.5) is 11.5 Å². The van der Waals surface area contributed by atoms with Gasteiger partial charge >= 0.3 is 0 Å². The molecule has 0 unspecified atom stereocenters. The maximum Gasteiger partial charge on any atom is 0.293 e. The van der Waals surface area contributed by atoms with Crippen LogP contribution in [0.15, 0.2) is 29.6 Å². The molecule has 8 heteroatoms. The monoisotopic (exact) mass is 314 g/mol. The third kappa shape index (κ3) is 2.30. The lowest BCUT2D eigenvalue weighted by Crippen LogP contribution is -2.50. The molecule has 4 heterocycles. The molecule has 0 bridgehead atoms. The number of anilines is 2. The summed E-state index contributed by atoms with van der Waals surface area (Å²) in [4.78, 5) is 31.7. The van der Waals surface area contributed by atoms with Crippen LogP contribution in [0.5, 0.6) is 0 Å². The molecule has 4 rings (SSSR count). The fourth-order valence-electron chi connectivity index (χ4n) is 3.09. The Bertz CT molecular complexity index is 804. The molecule has 0 radical (unpaired) electrons. The van der Waals surface area contributed by atoms with Crippen LogP contribution in [0.25, 0.3) is 0 Å². The zero-order chi connectivity index (χ0) is 16.0. The summed E-state index contributed by atoms with van der Waals surface area (Å²) in [6.07, 6.45) is 8.47. The molecule has 2 aromatic rings. The summed E-state index contributed by atoms with van der Waals surface area (Å²) in [5, 5.41) is 4.38. The topological polar surface area (TPSA) is 76.3 Å². The zero-order valence-electron chi connectivity index (χ0n) is 12.9. The van der Waals surface area contributed by atoms with Crippen molar-refractivity contribution in [3.8, 4) is 0 Å². The van der Waals surface area contributed by atoms with Crippen molar-refractivity contribution in [2.45, 2.75) is 18.9 Å². The van der Waals surface area contributed by atoms with Crippen LogP contribution in [0.2, 0.25) is 0 Å². The summed E-state index contributed by atoms with van der Waals surface area (Å²) >= 11 is 0. The summed E-state index contributed by atoms with van der Waals surface area (Å²) in [7, 11) is 1.72. The van der Waals surface area contributed by atoms with Crippen LogP contribution in [-0.2, 0) is 11.8 Å². The van der Waals surface area contributed by atoms with Gasteiger partial charge in [0, 0.05) is 51.7 Å². The fourth-order valence-corrected chi connectivity index (χ4v) is 3.09. The van der Waals surface area contributed by atoms with E-state index >= 15 is 0 Å². The van der Waals surface area contributed by atoms with Gasteiger partial charge in [-0.15, -0.1) is 0 Å². The van der Waals surface area contributed by atoms with Gasteiger partial charge in [-0.1, -0.05) is 0 Å². The first-order valence-electron chi connectivity index (χ1n) is 7.74. The van der Waals surface area contributed by atoms with E-state index in [1.165, 1.54) is 4.57 Å². The summed E-state index contributed by atoms with van der Waals surface area (Å²) in [5.74, 6) is 0.644. The molecule has 2 saturated heterocycles. The number of carbonyl (C=O) groups excluding carboxylic acids is 1. The minimum absolute atomic E-state index is 0.0882. The van der Waals surface area contributed by atoms with Crippen LogP contribution in [0, 0.1) is 0 Å². The molecule has 120 valence electrons. The van der Waals surface area contributed by atoms with E-state index in [0.717, 1.165) is 18.7 Å². The fraction of sp³-hybridized carbons (Fsp3) is 0.467. The molecule has 23 heavy (non-hydrogen) atoms. The lowest BCUT2D eigenvalue weighted by Gasteiger charge is -2.39. The average Bonchev–Trinajstić information content (AvgIpc) is 3.11. The summed E-state index contributed by atoms with van der Waals surface area (Å²) < 4.78 is 3.41. The van der Waals surface area contributed by atoms with Crippen LogP contribution >= 0.6 is 0 Å². The van der Waals surface area contributed by atoms with E-state index in [0.29, 0.717) is 25.3 Å². The Labute approximate surface area is 132 Å². The Kier molecular flexibility index (Phi) is 3.17. The van der Waals surface area contributed by atoms with Crippen molar-refractivity contribution in [2.75, 3.05) is 29.4 Å². The smallest absolute Gasteiger partial charge is 0.293 e. The van der Waals surface area contributed by atoms with Crippen LogP contribution in [0.3, 0.4) is 0 Å². The highest BCUT2D eigenvalue weighted by molar-refractivity contribution is 5.95. The third-order valence-corrected chi connectivity index (χ3v) is 4.51. The molecule has 2 fully saturated rings. The van der Waals surface area contributed by atoms with Crippen LogP contribution in [0.1, 0.15) is 18.9 Å². The van der Waals surface area contributed by atoms with E-state index in [9.17, 15) is 9.59 Å². The Hall–Kier alpha value is -2.64. The molecular weight excluding hydrogens is 296 g/mol. The Morgan fingerprint density at radius 1 is 1.26 bits per heavy atom. The van der Waals surface area contributed by atoms with Crippen molar-refractivity contribution in [3.63, 3.8) is 0 Å². The number of carbonyl (C=O) groups is 1. The van der Waals surface area contributed by atoms with Crippen molar-refractivity contribution in [1.29, 1.82) is 0 Å². The van der Waals surface area contributed by atoms with E-state index in [4.69, 9.17) is 0 Å². The van der Waals surface area contributed by atoms with Gasteiger partial charge in [-0.2, -0.15) is 5.10 Å². The summed E-state index contributed by atoms with van der Waals surface area (Å²) in [6, 6.07) is 0.202. The number of hydrogen-bond acceptors (Lipinski definition) is 5. The minimum atomic E-state index is -0.0882. The maximum absolute atomic E-state index is 12.1. The highest BCUT2D eigenvalue weighted by Crippen LogP contribution is 2.27. The number of rotatable bonds is 3. The Morgan fingerprint density at radius 3 is 2.83 bits per heavy atom. The summed E-state index contributed by atoms with van der Waals surface area (Å²) in [5.41, 5.74) is 0.773. The van der Waals surface area contributed by atoms with E-state index in [1.54, 1.807) is 30.5 Å². The van der Waals surface area contributed by atoms with Crippen LogP contribution < -0.4 is 15.4 Å².